The molecule has 0 fully saturated rings. The van der Waals surface area contributed by atoms with Crippen molar-refractivity contribution in [2.24, 2.45) is 0 Å². The van der Waals surface area contributed by atoms with E-state index in [1.807, 2.05) is 38.1 Å². The Hall–Kier alpha value is -3.91. The molecule has 0 aliphatic rings. The summed E-state index contributed by atoms with van der Waals surface area (Å²) in [5.74, 6) is 0.836. The first-order valence-electron chi connectivity index (χ1n) is 11.1. The van der Waals surface area contributed by atoms with Crippen molar-refractivity contribution in [3.63, 3.8) is 0 Å². The summed E-state index contributed by atoms with van der Waals surface area (Å²) in [5.41, 5.74) is 8.44. The van der Waals surface area contributed by atoms with Crippen LogP contribution in [0, 0.1) is 6.92 Å². The minimum absolute atomic E-state index is 0.176. The van der Waals surface area contributed by atoms with Gasteiger partial charge in [-0.3, -0.25) is 9.78 Å². The van der Waals surface area contributed by atoms with Gasteiger partial charge in [0.25, 0.3) is 5.91 Å². The van der Waals surface area contributed by atoms with Crippen LogP contribution in [0.5, 0.6) is 0 Å². The van der Waals surface area contributed by atoms with Crippen molar-refractivity contribution >= 4 is 22.6 Å². The number of rotatable bonds is 6. The number of amides is 1. The van der Waals surface area contributed by atoms with E-state index in [9.17, 15) is 9.90 Å². The van der Waals surface area contributed by atoms with E-state index in [1.54, 1.807) is 55.5 Å². The number of hydrogen-bond acceptors (Lipinski definition) is 7. The molecule has 0 aliphatic heterocycles. The zero-order valence-electron chi connectivity index (χ0n) is 19.7. The number of nitrogens with zero attached hydrogens (tertiary/aromatic N) is 5. The van der Waals surface area contributed by atoms with Crippen LogP contribution >= 0.6 is 0 Å². The molecular weight excluding hydrogens is 428 g/mol. The lowest BCUT2D eigenvalue weighted by molar-refractivity contribution is 0.0661. The number of fused-ring (bicyclic) bond motifs is 1. The summed E-state index contributed by atoms with van der Waals surface area (Å²) < 4.78 is 0. The second-order valence-electron chi connectivity index (χ2n) is 8.91. The molecule has 3 aromatic heterocycles. The fourth-order valence-corrected chi connectivity index (χ4v) is 3.70. The predicted molar refractivity (Wildman–Crippen MR) is 131 cm³/mol. The van der Waals surface area contributed by atoms with Gasteiger partial charge < -0.3 is 15.7 Å². The van der Waals surface area contributed by atoms with Crippen LogP contribution in [-0.2, 0) is 12.1 Å². The standard InChI is InChI=1S/C26H28N6O2/c1-16-12-19-13-18(6-9-22(19)31-23(16)27)25(33)32(17(2)24-28-10-5-11-29-24)15-21-8-7-20(14-30-21)26(3,4)34/h5-14,17,34H,15H2,1-4H3,(H2,27,31). The van der Waals surface area contributed by atoms with E-state index in [0.717, 1.165) is 16.5 Å². The van der Waals surface area contributed by atoms with Crippen LogP contribution in [0.4, 0.5) is 5.82 Å². The van der Waals surface area contributed by atoms with Gasteiger partial charge in [-0.15, -0.1) is 0 Å². The number of aromatic nitrogens is 4. The molecule has 8 nitrogen and oxygen atoms in total. The summed E-state index contributed by atoms with van der Waals surface area (Å²) in [5, 5.41) is 11.1. The number of aryl methyl sites for hydroxylation is 1. The molecule has 0 spiro atoms. The maximum atomic E-state index is 13.7. The van der Waals surface area contributed by atoms with Crippen LogP contribution < -0.4 is 5.73 Å². The van der Waals surface area contributed by atoms with Gasteiger partial charge in [-0.2, -0.15) is 0 Å². The van der Waals surface area contributed by atoms with Crippen molar-refractivity contribution < 1.29 is 9.90 Å². The Morgan fingerprint density at radius 1 is 1.12 bits per heavy atom. The molecule has 3 heterocycles. The normalized spacial score (nSPS) is 12.5. The third-order valence-electron chi connectivity index (χ3n) is 5.84. The molecular formula is C26H28N6O2. The van der Waals surface area contributed by atoms with Gasteiger partial charge in [0.2, 0.25) is 0 Å². The summed E-state index contributed by atoms with van der Waals surface area (Å²) >= 11 is 0. The molecule has 0 saturated carbocycles. The van der Waals surface area contributed by atoms with Crippen molar-refractivity contribution in [1.82, 2.24) is 24.8 Å². The lowest BCUT2D eigenvalue weighted by Crippen LogP contribution is -2.34. The highest BCUT2D eigenvalue weighted by Gasteiger charge is 2.26. The molecule has 34 heavy (non-hydrogen) atoms. The Morgan fingerprint density at radius 3 is 2.50 bits per heavy atom. The highest BCUT2D eigenvalue weighted by Crippen LogP contribution is 2.25. The Labute approximate surface area is 198 Å². The van der Waals surface area contributed by atoms with Crippen molar-refractivity contribution in [3.05, 3.63) is 89.3 Å². The fraction of sp³-hybridized carbons (Fsp3) is 0.269. The number of hydrogen-bond donors (Lipinski definition) is 2. The maximum absolute atomic E-state index is 13.7. The van der Waals surface area contributed by atoms with Gasteiger partial charge in [0.15, 0.2) is 0 Å². The summed E-state index contributed by atoms with van der Waals surface area (Å²) in [6, 6.07) is 12.3. The average molecular weight is 457 g/mol. The number of benzene rings is 1. The zero-order valence-corrected chi connectivity index (χ0v) is 19.7. The molecule has 0 radical (unpaired) electrons. The summed E-state index contributed by atoms with van der Waals surface area (Å²) in [6.07, 6.45) is 4.95. The van der Waals surface area contributed by atoms with Gasteiger partial charge in [0.05, 0.1) is 29.4 Å². The first kappa shape index (κ1) is 23.3. The van der Waals surface area contributed by atoms with E-state index >= 15 is 0 Å². The predicted octanol–water partition coefficient (Wildman–Crippen LogP) is 3.94. The van der Waals surface area contributed by atoms with Gasteiger partial charge in [-0.05, 0) is 69.7 Å². The fourth-order valence-electron chi connectivity index (χ4n) is 3.70. The van der Waals surface area contributed by atoms with E-state index in [4.69, 9.17) is 5.73 Å². The van der Waals surface area contributed by atoms with E-state index in [-0.39, 0.29) is 12.5 Å². The van der Waals surface area contributed by atoms with Crippen LogP contribution in [0.2, 0.25) is 0 Å². The van der Waals surface area contributed by atoms with E-state index in [2.05, 4.69) is 19.9 Å². The third kappa shape index (κ3) is 4.87. The molecule has 0 aliphatic carbocycles. The largest absolute Gasteiger partial charge is 0.386 e. The monoisotopic (exact) mass is 456 g/mol. The molecule has 4 rings (SSSR count). The molecule has 1 amide bonds. The topological polar surface area (TPSA) is 118 Å². The minimum Gasteiger partial charge on any atom is -0.386 e. The van der Waals surface area contributed by atoms with Crippen molar-refractivity contribution in [2.45, 2.75) is 45.9 Å². The Kier molecular flexibility index (Phi) is 6.26. The number of nitrogens with two attached hydrogens (primary N) is 1. The number of nitrogen functional groups attached to an aromatic ring is 1. The minimum atomic E-state index is -0.993. The number of anilines is 1. The van der Waals surface area contributed by atoms with Crippen molar-refractivity contribution in [3.8, 4) is 0 Å². The number of carbonyl (C=O) groups is 1. The molecule has 3 N–H and O–H groups in total. The van der Waals surface area contributed by atoms with Gasteiger partial charge in [0.1, 0.15) is 11.6 Å². The highest BCUT2D eigenvalue weighted by atomic mass is 16.3. The highest BCUT2D eigenvalue weighted by molar-refractivity contribution is 5.98. The molecule has 1 unspecified atom stereocenters. The average Bonchev–Trinajstić information content (AvgIpc) is 2.82. The summed E-state index contributed by atoms with van der Waals surface area (Å²) in [7, 11) is 0. The second kappa shape index (κ2) is 9.15. The van der Waals surface area contributed by atoms with Crippen LogP contribution in [-0.4, -0.2) is 35.8 Å². The number of pyridine rings is 2. The smallest absolute Gasteiger partial charge is 0.254 e. The van der Waals surface area contributed by atoms with Crippen LogP contribution in [0.3, 0.4) is 0 Å². The quantitative estimate of drug-likeness (QED) is 0.451. The van der Waals surface area contributed by atoms with E-state index < -0.39 is 11.6 Å². The van der Waals surface area contributed by atoms with E-state index in [0.29, 0.717) is 28.5 Å². The van der Waals surface area contributed by atoms with Crippen LogP contribution in [0.25, 0.3) is 10.9 Å². The molecule has 1 atom stereocenters. The van der Waals surface area contributed by atoms with Crippen molar-refractivity contribution in [1.29, 1.82) is 0 Å². The SMILES string of the molecule is Cc1cc2cc(C(=O)N(Cc3ccc(C(C)(C)O)cn3)C(C)c3ncccn3)ccc2nc1N. The van der Waals surface area contributed by atoms with Gasteiger partial charge >= 0.3 is 0 Å². The summed E-state index contributed by atoms with van der Waals surface area (Å²) in [6.45, 7) is 7.45. The van der Waals surface area contributed by atoms with Gasteiger partial charge in [-0.25, -0.2) is 15.0 Å². The van der Waals surface area contributed by atoms with Crippen LogP contribution in [0.1, 0.15) is 59.8 Å². The number of carbonyl (C=O) groups excluding carboxylic acids is 1. The maximum Gasteiger partial charge on any atom is 0.254 e. The Morgan fingerprint density at radius 2 is 1.85 bits per heavy atom. The van der Waals surface area contributed by atoms with E-state index in [1.165, 1.54) is 0 Å². The second-order valence-corrected chi connectivity index (χ2v) is 8.91. The molecule has 1 aromatic carbocycles. The molecule has 0 bridgehead atoms. The lowest BCUT2D eigenvalue weighted by atomic mass is 10.0. The molecule has 4 aromatic rings. The van der Waals surface area contributed by atoms with Crippen molar-refractivity contribution in [2.75, 3.05) is 5.73 Å². The Balaban J connectivity index is 1.70. The third-order valence-corrected chi connectivity index (χ3v) is 5.84. The lowest BCUT2D eigenvalue weighted by Gasteiger charge is -2.28. The molecule has 8 heteroatoms. The molecule has 0 saturated heterocycles. The van der Waals surface area contributed by atoms with Gasteiger partial charge in [0, 0.05) is 35.1 Å². The Bertz CT molecular complexity index is 1320. The first-order valence-corrected chi connectivity index (χ1v) is 11.1. The zero-order chi connectivity index (χ0) is 24.5. The number of aliphatic hydroxyl groups is 1. The van der Waals surface area contributed by atoms with Crippen LogP contribution in [0.15, 0.2) is 61.1 Å². The first-order chi connectivity index (χ1) is 16.1. The molecule has 174 valence electrons. The van der Waals surface area contributed by atoms with Gasteiger partial charge in [-0.1, -0.05) is 6.07 Å². The summed E-state index contributed by atoms with van der Waals surface area (Å²) in [4.78, 5) is 33.0.